The van der Waals surface area contributed by atoms with Crippen molar-refractivity contribution < 1.29 is 5.11 Å². The van der Waals surface area contributed by atoms with Crippen molar-refractivity contribution in [2.75, 3.05) is 46.4 Å². The highest BCUT2D eigenvalue weighted by Crippen LogP contribution is 2.14. The zero-order valence-electron chi connectivity index (χ0n) is 14.5. The molecule has 0 spiro atoms. The van der Waals surface area contributed by atoms with Crippen molar-refractivity contribution in [3.05, 3.63) is 35.9 Å². The van der Waals surface area contributed by atoms with Gasteiger partial charge in [-0.3, -0.25) is 4.99 Å². The molecule has 0 heterocycles. The van der Waals surface area contributed by atoms with Crippen molar-refractivity contribution in [3.8, 4) is 0 Å². The lowest BCUT2D eigenvalue weighted by Crippen LogP contribution is -2.41. The van der Waals surface area contributed by atoms with Crippen LogP contribution in [0.3, 0.4) is 0 Å². The number of halogens is 1. The van der Waals surface area contributed by atoms with Gasteiger partial charge in [-0.2, -0.15) is 0 Å². The summed E-state index contributed by atoms with van der Waals surface area (Å²) in [6.07, 6.45) is 0. The molecule has 0 aromatic heterocycles. The Bertz CT molecular complexity index is 428. The molecule has 0 amide bonds. The minimum atomic E-state index is 0. The van der Waals surface area contributed by atoms with Gasteiger partial charge in [0.25, 0.3) is 0 Å². The summed E-state index contributed by atoms with van der Waals surface area (Å²) in [6.45, 7) is 8.56. The van der Waals surface area contributed by atoms with E-state index in [4.69, 9.17) is 0 Å². The highest BCUT2D eigenvalue weighted by molar-refractivity contribution is 14.0. The van der Waals surface area contributed by atoms with Crippen molar-refractivity contribution >= 4 is 29.9 Å². The van der Waals surface area contributed by atoms with Gasteiger partial charge in [0.1, 0.15) is 0 Å². The van der Waals surface area contributed by atoms with E-state index in [0.29, 0.717) is 6.54 Å². The van der Waals surface area contributed by atoms with Gasteiger partial charge in [0.05, 0.1) is 13.2 Å². The number of nitrogens with zero attached hydrogens (tertiary/aromatic N) is 2. The average molecular weight is 434 g/mol. The number of aliphatic hydroxyl groups excluding tert-OH is 1. The molecule has 0 aliphatic carbocycles. The van der Waals surface area contributed by atoms with Crippen LogP contribution in [-0.2, 0) is 0 Å². The predicted octanol–water partition coefficient (Wildman–Crippen LogP) is 1.89. The number of guanidine groups is 1. The summed E-state index contributed by atoms with van der Waals surface area (Å²) in [4.78, 5) is 6.85. The van der Waals surface area contributed by atoms with Crippen molar-refractivity contribution in [1.29, 1.82) is 0 Å². The first-order valence-electron chi connectivity index (χ1n) is 8.07. The van der Waals surface area contributed by atoms with E-state index in [1.54, 1.807) is 0 Å². The Kier molecular flexibility index (Phi) is 13.1. The first kappa shape index (κ1) is 22.1. The number of aliphatic hydroxyl groups is 1. The van der Waals surface area contributed by atoms with E-state index in [9.17, 15) is 5.11 Å². The molecule has 0 saturated carbocycles. The molecular weight excluding hydrogens is 403 g/mol. The second kappa shape index (κ2) is 13.6. The number of hydrogen-bond donors (Lipinski definition) is 3. The first-order chi connectivity index (χ1) is 10.7. The molecule has 1 aromatic rings. The van der Waals surface area contributed by atoms with Crippen LogP contribution in [0.2, 0.25) is 0 Å². The van der Waals surface area contributed by atoms with Crippen molar-refractivity contribution in [2.45, 2.75) is 19.8 Å². The van der Waals surface area contributed by atoms with Crippen LogP contribution in [0.25, 0.3) is 0 Å². The van der Waals surface area contributed by atoms with Crippen LogP contribution in [0, 0.1) is 0 Å². The molecule has 0 fully saturated rings. The summed E-state index contributed by atoms with van der Waals surface area (Å²) in [7, 11) is 2.10. The number of aliphatic imine (C=N–C) groups is 1. The number of benzene rings is 1. The summed E-state index contributed by atoms with van der Waals surface area (Å²) in [6, 6.07) is 10.0. The van der Waals surface area contributed by atoms with Crippen LogP contribution >= 0.6 is 24.0 Å². The Labute approximate surface area is 157 Å². The smallest absolute Gasteiger partial charge is 0.191 e. The SMILES string of the molecule is CCNC(=NCC(CO)c1ccccc1)NCCN(C)CC.I. The average Bonchev–Trinajstić information content (AvgIpc) is 2.56. The molecule has 1 rings (SSSR count). The Morgan fingerprint density at radius 3 is 2.48 bits per heavy atom. The minimum absolute atomic E-state index is 0. The molecule has 1 unspecified atom stereocenters. The lowest BCUT2D eigenvalue weighted by molar-refractivity contribution is 0.268. The van der Waals surface area contributed by atoms with Crippen LogP contribution in [-0.4, -0.2) is 62.3 Å². The monoisotopic (exact) mass is 434 g/mol. The van der Waals surface area contributed by atoms with E-state index in [1.165, 1.54) is 0 Å². The molecule has 1 aromatic carbocycles. The van der Waals surface area contributed by atoms with Crippen LogP contribution in [0.5, 0.6) is 0 Å². The van der Waals surface area contributed by atoms with Gasteiger partial charge in [0.15, 0.2) is 5.96 Å². The van der Waals surface area contributed by atoms with Gasteiger partial charge in [-0.05, 0) is 26.1 Å². The molecule has 23 heavy (non-hydrogen) atoms. The van der Waals surface area contributed by atoms with Gasteiger partial charge in [-0.15, -0.1) is 24.0 Å². The van der Waals surface area contributed by atoms with Crippen LogP contribution in [0.1, 0.15) is 25.3 Å². The van der Waals surface area contributed by atoms with Gasteiger partial charge in [-0.25, -0.2) is 0 Å². The van der Waals surface area contributed by atoms with Gasteiger partial charge in [-0.1, -0.05) is 37.3 Å². The summed E-state index contributed by atoms with van der Waals surface area (Å²) >= 11 is 0. The third kappa shape index (κ3) is 9.12. The van der Waals surface area contributed by atoms with Gasteiger partial charge < -0.3 is 20.6 Å². The molecule has 0 bridgehead atoms. The zero-order chi connectivity index (χ0) is 16.2. The predicted molar refractivity (Wildman–Crippen MR) is 109 cm³/mol. The lowest BCUT2D eigenvalue weighted by Gasteiger charge is -2.17. The van der Waals surface area contributed by atoms with E-state index in [0.717, 1.165) is 37.7 Å². The molecule has 0 aliphatic rings. The number of rotatable bonds is 9. The van der Waals surface area contributed by atoms with Crippen LogP contribution in [0.4, 0.5) is 0 Å². The van der Waals surface area contributed by atoms with Crippen LogP contribution < -0.4 is 10.6 Å². The van der Waals surface area contributed by atoms with Crippen LogP contribution in [0.15, 0.2) is 35.3 Å². The fourth-order valence-corrected chi connectivity index (χ4v) is 2.06. The number of nitrogens with one attached hydrogen (secondary N) is 2. The summed E-state index contributed by atoms with van der Waals surface area (Å²) in [5.74, 6) is 0.844. The summed E-state index contributed by atoms with van der Waals surface area (Å²) in [5, 5.41) is 16.2. The standard InChI is InChI=1S/C17H30N4O.HI/c1-4-18-17(19-11-12-21(3)5-2)20-13-16(14-22)15-9-7-6-8-10-15;/h6-10,16,22H,4-5,11-14H2,1-3H3,(H2,18,19,20);1H. The van der Waals surface area contributed by atoms with E-state index in [2.05, 4.69) is 41.4 Å². The summed E-state index contributed by atoms with van der Waals surface area (Å²) < 4.78 is 0. The molecular formula is C17H31IN4O. The molecule has 0 aliphatic heterocycles. The summed E-state index contributed by atoms with van der Waals surface area (Å²) in [5.41, 5.74) is 1.12. The fourth-order valence-electron chi connectivity index (χ4n) is 2.06. The number of hydrogen-bond acceptors (Lipinski definition) is 3. The zero-order valence-corrected chi connectivity index (χ0v) is 16.8. The van der Waals surface area contributed by atoms with Crippen molar-refractivity contribution in [2.24, 2.45) is 4.99 Å². The molecule has 0 radical (unpaired) electrons. The Morgan fingerprint density at radius 1 is 1.22 bits per heavy atom. The van der Waals surface area contributed by atoms with E-state index in [-0.39, 0.29) is 36.5 Å². The van der Waals surface area contributed by atoms with Gasteiger partial charge in [0.2, 0.25) is 0 Å². The third-order valence-corrected chi connectivity index (χ3v) is 3.63. The lowest BCUT2D eigenvalue weighted by atomic mass is 10.0. The molecule has 1 atom stereocenters. The quantitative estimate of drug-likeness (QED) is 0.316. The molecule has 0 saturated heterocycles. The molecule has 6 heteroatoms. The third-order valence-electron chi connectivity index (χ3n) is 3.63. The maximum atomic E-state index is 9.59. The fraction of sp³-hybridized carbons (Fsp3) is 0.588. The van der Waals surface area contributed by atoms with Gasteiger partial charge >= 0.3 is 0 Å². The maximum absolute atomic E-state index is 9.59. The van der Waals surface area contributed by atoms with Crippen molar-refractivity contribution in [1.82, 2.24) is 15.5 Å². The molecule has 5 nitrogen and oxygen atoms in total. The highest BCUT2D eigenvalue weighted by Gasteiger charge is 2.09. The second-order valence-electron chi connectivity index (χ2n) is 5.33. The Hall–Kier alpha value is -0.860. The largest absolute Gasteiger partial charge is 0.396 e. The Morgan fingerprint density at radius 2 is 1.91 bits per heavy atom. The maximum Gasteiger partial charge on any atom is 0.191 e. The molecule has 132 valence electrons. The van der Waals surface area contributed by atoms with E-state index in [1.807, 2.05) is 30.3 Å². The van der Waals surface area contributed by atoms with Crippen molar-refractivity contribution in [3.63, 3.8) is 0 Å². The van der Waals surface area contributed by atoms with E-state index >= 15 is 0 Å². The number of likely N-dealkylation sites (N-methyl/N-ethyl adjacent to an activating group) is 1. The Balaban J connectivity index is 0.00000484. The highest BCUT2D eigenvalue weighted by atomic mass is 127. The van der Waals surface area contributed by atoms with E-state index < -0.39 is 0 Å². The minimum Gasteiger partial charge on any atom is -0.396 e. The second-order valence-corrected chi connectivity index (χ2v) is 5.33. The normalized spacial score (nSPS) is 12.7. The van der Waals surface area contributed by atoms with Gasteiger partial charge in [0, 0.05) is 25.6 Å². The first-order valence-corrected chi connectivity index (χ1v) is 8.07. The molecule has 3 N–H and O–H groups in total. The topological polar surface area (TPSA) is 59.9 Å².